The Morgan fingerprint density at radius 2 is 2.06 bits per heavy atom. The van der Waals surface area contributed by atoms with Gasteiger partial charge in [0.15, 0.2) is 0 Å². The maximum absolute atomic E-state index is 5.29. The van der Waals surface area contributed by atoms with Gasteiger partial charge in [-0.1, -0.05) is 6.92 Å². The van der Waals surface area contributed by atoms with Crippen LogP contribution in [0, 0.1) is 0 Å². The maximum atomic E-state index is 5.29. The lowest BCUT2D eigenvalue weighted by Gasteiger charge is -2.27. The van der Waals surface area contributed by atoms with Crippen molar-refractivity contribution in [1.29, 1.82) is 0 Å². The Morgan fingerprint density at radius 3 is 2.59 bits per heavy atom. The number of nitrogens with zero attached hydrogens (tertiary/aromatic N) is 1. The van der Waals surface area contributed by atoms with Crippen LogP contribution in [0.1, 0.15) is 26.2 Å². The zero-order valence-corrected chi connectivity index (χ0v) is 11.6. The van der Waals surface area contributed by atoms with Crippen LogP contribution in [0.4, 0.5) is 0 Å². The summed E-state index contributed by atoms with van der Waals surface area (Å²) in [4.78, 5) is 2.54. The van der Waals surface area contributed by atoms with Crippen LogP contribution in [0.25, 0.3) is 0 Å². The number of hydrogen-bond donors (Lipinski definition) is 1. The topological polar surface area (TPSA) is 33.7 Å². The van der Waals surface area contributed by atoms with Crippen molar-refractivity contribution in [1.82, 2.24) is 10.2 Å². The summed E-state index contributed by atoms with van der Waals surface area (Å²) >= 11 is 0. The molecule has 4 heteroatoms. The minimum Gasteiger partial charge on any atom is -0.383 e. The molecule has 1 unspecified atom stereocenters. The molecule has 1 rings (SSSR count). The second-order valence-electron chi connectivity index (χ2n) is 4.83. The monoisotopic (exact) mass is 244 g/mol. The summed E-state index contributed by atoms with van der Waals surface area (Å²) in [6.45, 7) is 6.98. The predicted molar refractivity (Wildman–Crippen MR) is 70.4 cm³/mol. The summed E-state index contributed by atoms with van der Waals surface area (Å²) in [5, 5.41) is 3.55. The molecule has 1 aliphatic rings. The smallest absolute Gasteiger partial charge is 0.0628 e. The van der Waals surface area contributed by atoms with Crippen molar-refractivity contribution < 1.29 is 9.47 Å². The standard InChI is InChI=1S/C13H28N2O2/c1-4-7-14-12(11-17-3)10-15(8-9-16-2)13-5-6-13/h12-14H,4-11H2,1-3H3. The Bertz CT molecular complexity index is 186. The third kappa shape index (κ3) is 6.36. The van der Waals surface area contributed by atoms with Crippen molar-refractivity contribution >= 4 is 0 Å². The molecule has 0 amide bonds. The average molecular weight is 244 g/mol. The lowest BCUT2D eigenvalue weighted by atomic mass is 10.2. The molecule has 1 fully saturated rings. The molecule has 1 aliphatic carbocycles. The first kappa shape index (κ1) is 14.9. The summed E-state index contributed by atoms with van der Waals surface area (Å²) in [5.41, 5.74) is 0. The summed E-state index contributed by atoms with van der Waals surface area (Å²) in [6, 6.07) is 1.23. The van der Waals surface area contributed by atoms with E-state index in [1.54, 1.807) is 14.2 Å². The normalized spacial score (nSPS) is 17.6. The van der Waals surface area contributed by atoms with E-state index in [0.29, 0.717) is 6.04 Å². The first-order chi connectivity index (χ1) is 8.31. The van der Waals surface area contributed by atoms with E-state index in [-0.39, 0.29) is 0 Å². The SMILES string of the molecule is CCCNC(COC)CN(CCOC)C1CC1. The highest BCUT2D eigenvalue weighted by molar-refractivity contribution is 4.87. The van der Waals surface area contributed by atoms with Crippen molar-refractivity contribution in [2.24, 2.45) is 0 Å². The van der Waals surface area contributed by atoms with Crippen LogP contribution in [0.3, 0.4) is 0 Å². The first-order valence-corrected chi connectivity index (χ1v) is 6.77. The van der Waals surface area contributed by atoms with E-state index >= 15 is 0 Å². The molecule has 17 heavy (non-hydrogen) atoms. The van der Waals surface area contributed by atoms with Crippen LogP contribution in [0.15, 0.2) is 0 Å². The van der Waals surface area contributed by atoms with Crippen molar-refractivity contribution in [3.8, 4) is 0 Å². The Labute approximate surface area is 106 Å². The second kappa shape index (κ2) is 8.86. The molecule has 0 aliphatic heterocycles. The fourth-order valence-electron chi connectivity index (χ4n) is 2.08. The van der Waals surface area contributed by atoms with Gasteiger partial charge >= 0.3 is 0 Å². The van der Waals surface area contributed by atoms with Crippen LogP contribution in [0.5, 0.6) is 0 Å². The van der Waals surface area contributed by atoms with Crippen LogP contribution in [-0.4, -0.2) is 64.1 Å². The molecule has 0 saturated heterocycles. The lowest BCUT2D eigenvalue weighted by Crippen LogP contribution is -2.45. The fourth-order valence-corrected chi connectivity index (χ4v) is 2.08. The molecule has 4 nitrogen and oxygen atoms in total. The molecule has 102 valence electrons. The van der Waals surface area contributed by atoms with E-state index in [4.69, 9.17) is 9.47 Å². The molecule has 1 atom stereocenters. The third-order valence-corrected chi connectivity index (χ3v) is 3.15. The molecule has 1 saturated carbocycles. The molecule has 0 aromatic carbocycles. The number of nitrogens with one attached hydrogen (secondary N) is 1. The molecule has 0 spiro atoms. The molecule has 0 aromatic rings. The molecule has 0 bridgehead atoms. The van der Waals surface area contributed by atoms with Crippen LogP contribution in [-0.2, 0) is 9.47 Å². The fraction of sp³-hybridized carbons (Fsp3) is 1.00. The zero-order chi connectivity index (χ0) is 12.5. The van der Waals surface area contributed by atoms with E-state index in [9.17, 15) is 0 Å². The second-order valence-corrected chi connectivity index (χ2v) is 4.83. The van der Waals surface area contributed by atoms with E-state index < -0.39 is 0 Å². The minimum absolute atomic E-state index is 0.442. The van der Waals surface area contributed by atoms with Gasteiger partial charge in [0.25, 0.3) is 0 Å². The molecule has 1 N–H and O–H groups in total. The van der Waals surface area contributed by atoms with Crippen molar-refractivity contribution in [2.75, 3.05) is 47.1 Å². The van der Waals surface area contributed by atoms with Crippen molar-refractivity contribution in [3.05, 3.63) is 0 Å². The van der Waals surface area contributed by atoms with Crippen LogP contribution in [0.2, 0.25) is 0 Å². The molecular formula is C13H28N2O2. The van der Waals surface area contributed by atoms with Crippen LogP contribution < -0.4 is 5.32 Å². The third-order valence-electron chi connectivity index (χ3n) is 3.15. The Balaban J connectivity index is 2.31. The number of methoxy groups -OCH3 is 2. The summed E-state index contributed by atoms with van der Waals surface area (Å²) in [6.07, 6.45) is 3.86. The van der Waals surface area contributed by atoms with Gasteiger partial charge in [-0.3, -0.25) is 4.90 Å². The number of rotatable bonds is 11. The largest absolute Gasteiger partial charge is 0.383 e. The van der Waals surface area contributed by atoms with Gasteiger partial charge in [-0.25, -0.2) is 0 Å². The summed E-state index contributed by atoms with van der Waals surface area (Å²) in [5.74, 6) is 0. The van der Waals surface area contributed by atoms with Gasteiger partial charge in [0.2, 0.25) is 0 Å². The van der Waals surface area contributed by atoms with E-state index in [0.717, 1.165) is 38.9 Å². The quantitative estimate of drug-likeness (QED) is 0.590. The van der Waals surface area contributed by atoms with Crippen molar-refractivity contribution in [2.45, 2.75) is 38.3 Å². The van der Waals surface area contributed by atoms with E-state index in [1.165, 1.54) is 19.3 Å². The van der Waals surface area contributed by atoms with Crippen LogP contribution >= 0.6 is 0 Å². The highest BCUT2D eigenvalue weighted by Gasteiger charge is 2.30. The first-order valence-electron chi connectivity index (χ1n) is 6.77. The Hall–Kier alpha value is -0.160. The van der Waals surface area contributed by atoms with E-state index in [2.05, 4.69) is 17.1 Å². The van der Waals surface area contributed by atoms with Gasteiger partial charge in [0.1, 0.15) is 0 Å². The maximum Gasteiger partial charge on any atom is 0.0628 e. The number of hydrogen-bond acceptors (Lipinski definition) is 4. The predicted octanol–water partition coefficient (Wildman–Crippen LogP) is 1.11. The minimum atomic E-state index is 0.442. The zero-order valence-electron chi connectivity index (χ0n) is 11.6. The molecule has 0 heterocycles. The van der Waals surface area contributed by atoms with Gasteiger partial charge in [-0.05, 0) is 25.8 Å². The molecular weight excluding hydrogens is 216 g/mol. The summed E-state index contributed by atoms with van der Waals surface area (Å²) < 4.78 is 10.5. The lowest BCUT2D eigenvalue weighted by molar-refractivity contribution is 0.109. The van der Waals surface area contributed by atoms with Gasteiger partial charge in [0.05, 0.1) is 13.2 Å². The van der Waals surface area contributed by atoms with Gasteiger partial charge in [-0.2, -0.15) is 0 Å². The summed E-state index contributed by atoms with van der Waals surface area (Å²) in [7, 11) is 3.55. The Kier molecular flexibility index (Phi) is 7.77. The average Bonchev–Trinajstić information content (AvgIpc) is 3.15. The number of ether oxygens (including phenoxy) is 2. The van der Waals surface area contributed by atoms with E-state index in [1.807, 2.05) is 0 Å². The Morgan fingerprint density at radius 1 is 1.29 bits per heavy atom. The van der Waals surface area contributed by atoms with Gasteiger partial charge < -0.3 is 14.8 Å². The van der Waals surface area contributed by atoms with Crippen molar-refractivity contribution in [3.63, 3.8) is 0 Å². The molecule has 0 radical (unpaired) electrons. The highest BCUT2D eigenvalue weighted by Crippen LogP contribution is 2.26. The highest BCUT2D eigenvalue weighted by atomic mass is 16.5. The van der Waals surface area contributed by atoms with Gasteiger partial charge in [-0.15, -0.1) is 0 Å². The van der Waals surface area contributed by atoms with Gasteiger partial charge in [0, 0.05) is 39.4 Å². The molecule has 0 aromatic heterocycles.